The van der Waals surface area contributed by atoms with Gasteiger partial charge in [-0.2, -0.15) is 0 Å². The number of hydrogen-bond acceptors (Lipinski definition) is 4. The second-order valence-electron chi connectivity index (χ2n) is 6.49. The van der Waals surface area contributed by atoms with Crippen LogP contribution in [0.15, 0.2) is 47.1 Å². The zero-order valence-electron chi connectivity index (χ0n) is 15.1. The summed E-state index contributed by atoms with van der Waals surface area (Å²) < 4.78 is 5.04. The minimum absolute atomic E-state index is 0.128. The number of rotatable bonds is 7. The van der Waals surface area contributed by atoms with Crippen molar-refractivity contribution in [2.45, 2.75) is 19.9 Å². The number of benzene rings is 1. The Hall–Kier alpha value is -2.60. The van der Waals surface area contributed by atoms with Gasteiger partial charge in [-0.3, -0.25) is 9.59 Å². The van der Waals surface area contributed by atoms with Crippen LogP contribution >= 0.6 is 0 Å². The van der Waals surface area contributed by atoms with E-state index in [-0.39, 0.29) is 23.6 Å². The lowest BCUT2D eigenvalue weighted by atomic mass is 10.0. The predicted octanol–water partition coefficient (Wildman–Crippen LogP) is 2.85. The molecule has 1 unspecified atom stereocenters. The van der Waals surface area contributed by atoms with Crippen molar-refractivity contribution in [1.29, 1.82) is 0 Å². The SMILES string of the molecule is CC(C)C(CNC(=O)c1ccc(NC(=O)c2ccco2)cc1)N(C)C. The second-order valence-corrected chi connectivity index (χ2v) is 6.49. The lowest BCUT2D eigenvalue weighted by molar-refractivity contribution is 0.0934. The summed E-state index contributed by atoms with van der Waals surface area (Å²) in [6.45, 7) is 4.85. The number of furan rings is 1. The highest BCUT2D eigenvalue weighted by Gasteiger charge is 2.17. The van der Waals surface area contributed by atoms with Crippen molar-refractivity contribution in [3.63, 3.8) is 0 Å². The van der Waals surface area contributed by atoms with Gasteiger partial charge < -0.3 is 20.0 Å². The van der Waals surface area contributed by atoms with Crippen molar-refractivity contribution >= 4 is 17.5 Å². The van der Waals surface area contributed by atoms with Gasteiger partial charge in [-0.25, -0.2) is 0 Å². The Labute approximate surface area is 148 Å². The Morgan fingerprint density at radius 1 is 1.08 bits per heavy atom. The number of hydrogen-bond donors (Lipinski definition) is 2. The Morgan fingerprint density at radius 3 is 2.28 bits per heavy atom. The fourth-order valence-electron chi connectivity index (χ4n) is 2.62. The van der Waals surface area contributed by atoms with E-state index in [0.717, 1.165) is 0 Å². The highest BCUT2D eigenvalue weighted by Crippen LogP contribution is 2.12. The summed E-state index contributed by atoms with van der Waals surface area (Å²) in [5.41, 5.74) is 1.16. The molecule has 2 amide bonds. The van der Waals surface area contributed by atoms with E-state index < -0.39 is 0 Å². The van der Waals surface area contributed by atoms with Crippen molar-refractivity contribution < 1.29 is 14.0 Å². The molecule has 25 heavy (non-hydrogen) atoms. The van der Waals surface area contributed by atoms with Gasteiger partial charge >= 0.3 is 0 Å². The van der Waals surface area contributed by atoms with E-state index in [4.69, 9.17) is 4.42 Å². The molecule has 0 fully saturated rings. The molecular weight excluding hydrogens is 318 g/mol. The zero-order valence-corrected chi connectivity index (χ0v) is 15.1. The maximum atomic E-state index is 12.3. The minimum Gasteiger partial charge on any atom is -0.459 e. The van der Waals surface area contributed by atoms with Crippen LogP contribution in [0.4, 0.5) is 5.69 Å². The van der Waals surface area contributed by atoms with Crippen LogP contribution in [0.1, 0.15) is 34.8 Å². The molecule has 0 aliphatic carbocycles. The van der Waals surface area contributed by atoms with Gasteiger partial charge in [-0.1, -0.05) is 13.8 Å². The standard InChI is InChI=1S/C19H25N3O3/c1-13(2)16(22(3)4)12-20-18(23)14-7-9-15(10-8-14)21-19(24)17-6-5-11-25-17/h5-11,13,16H,12H2,1-4H3,(H,20,23)(H,21,24). The van der Waals surface area contributed by atoms with Crippen molar-refractivity contribution in [2.24, 2.45) is 5.92 Å². The average Bonchev–Trinajstić information content (AvgIpc) is 3.09. The molecule has 6 heteroatoms. The Kier molecular flexibility index (Phi) is 6.36. The van der Waals surface area contributed by atoms with Crippen molar-refractivity contribution in [1.82, 2.24) is 10.2 Å². The molecule has 1 atom stereocenters. The van der Waals surface area contributed by atoms with E-state index in [1.807, 2.05) is 14.1 Å². The van der Waals surface area contributed by atoms with Crippen LogP contribution in [-0.2, 0) is 0 Å². The molecule has 1 aromatic heterocycles. The Bertz CT molecular complexity index is 683. The van der Waals surface area contributed by atoms with Crippen LogP contribution < -0.4 is 10.6 Å². The molecule has 1 aromatic carbocycles. The molecular formula is C19H25N3O3. The maximum absolute atomic E-state index is 12.3. The number of amides is 2. The van der Waals surface area contributed by atoms with Crippen molar-refractivity contribution in [2.75, 3.05) is 26.0 Å². The van der Waals surface area contributed by atoms with Crippen LogP contribution in [0, 0.1) is 5.92 Å². The van der Waals surface area contributed by atoms with Gasteiger partial charge in [0.1, 0.15) is 0 Å². The molecule has 2 N–H and O–H groups in total. The molecule has 0 saturated carbocycles. The smallest absolute Gasteiger partial charge is 0.291 e. The molecule has 0 aliphatic heterocycles. The van der Waals surface area contributed by atoms with E-state index in [9.17, 15) is 9.59 Å². The maximum Gasteiger partial charge on any atom is 0.291 e. The van der Waals surface area contributed by atoms with Gasteiger partial charge in [0.2, 0.25) is 0 Å². The van der Waals surface area contributed by atoms with Crippen LogP contribution in [0.5, 0.6) is 0 Å². The minimum atomic E-state index is -0.326. The number of likely N-dealkylation sites (N-methyl/N-ethyl adjacent to an activating group) is 1. The normalized spacial score (nSPS) is 12.2. The summed E-state index contributed by atoms with van der Waals surface area (Å²) in [7, 11) is 4.01. The third kappa shape index (κ3) is 5.19. The Balaban J connectivity index is 1.92. The monoisotopic (exact) mass is 343 g/mol. The van der Waals surface area contributed by atoms with E-state index in [1.165, 1.54) is 6.26 Å². The predicted molar refractivity (Wildman–Crippen MR) is 97.7 cm³/mol. The molecule has 134 valence electrons. The summed E-state index contributed by atoms with van der Waals surface area (Å²) in [6.07, 6.45) is 1.44. The topological polar surface area (TPSA) is 74.6 Å². The van der Waals surface area contributed by atoms with Crippen LogP contribution in [0.3, 0.4) is 0 Å². The highest BCUT2D eigenvalue weighted by atomic mass is 16.3. The number of nitrogens with zero attached hydrogens (tertiary/aromatic N) is 1. The van der Waals surface area contributed by atoms with E-state index >= 15 is 0 Å². The largest absolute Gasteiger partial charge is 0.459 e. The highest BCUT2D eigenvalue weighted by molar-refractivity contribution is 6.02. The molecule has 0 radical (unpaired) electrons. The molecule has 2 rings (SSSR count). The molecule has 0 saturated heterocycles. The van der Waals surface area contributed by atoms with Gasteiger partial charge in [0, 0.05) is 23.8 Å². The number of anilines is 1. The van der Waals surface area contributed by atoms with Crippen molar-refractivity contribution in [3.05, 3.63) is 54.0 Å². The first kappa shape index (κ1) is 18.7. The first-order valence-corrected chi connectivity index (χ1v) is 8.28. The Morgan fingerprint density at radius 2 is 1.76 bits per heavy atom. The van der Waals surface area contributed by atoms with E-state index in [2.05, 4.69) is 29.4 Å². The summed E-state index contributed by atoms with van der Waals surface area (Å²) in [5.74, 6) is 0.226. The second kappa shape index (κ2) is 8.48. The van der Waals surface area contributed by atoms with Gasteiger partial charge in [0.15, 0.2) is 5.76 Å². The third-order valence-corrected chi connectivity index (χ3v) is 4.05. The summed E-state index contributed by atoms with van der Waals surface area (Å²) in [5, 5.41) is 5.68. The summed E-state index contributed by atoms with van der Waals surface area (Å²) in [6, 6.07) is 10.3. The van der Waals surface area contributed by atoms with E-state index in [0.29, 0.717) is 23.7 Å². The lowest BCUT2D eigenvalue weighted by Gasteiger charge is -2.28. The zero-order chi connectivity index (χ0) is 18.4. The number of carbonyl (C=O) groups excluding carboxylic acids is 2. The van der Waals surface area contributed by atoms with E-state index in [1.54, 1.807) is 36.4 Å². The molecule has 0 bridgehead atoms. The summed E-state index contributed by atoms with van der Waals surface area (Å²) >= 11 is 0. The van der Waals surface area contributed by atoms with Crippen LogP contribution in [0.25, 0.3) is 0 Å². The lowest BCUT2D eigenvalue weighted by Crippen LogP contribution is -2.43. The fraction of sp³-hybridized carbons (Fsp3) is 0.368. The molecule has 6 nitrogen and oxygen atoms in total. The quantitative estimate of drug-likeness (QED) is 0.811. The van der Waals surface area contributed by atoms with Crippen LogP contribution in [-0.4, -0.2) is 43.4 Å². The van der Waals surface area contributed by atoms with Gasteiger partial charge in [-0.05, 0) is 56.4 Å². The third-order valence-electron chi connectivity index (χ3n) is 4.05. The van der Waals surface area contributed by atoms with Gasteiger partial charge in [-0.15, -0.1) is 0 Å². The van der Waals surface area contributed by atoms with Crippen LogP contribution in [0.2, 0.25) is 0 Å². The first-order valence-electron chi connectivity index (χ1n) is 8.28. The first-order chi connectivity index (χ1) is 11.9. The summed E-state index contributed by atoms with van der Waals surface area (Å²) in [4.78, 5) is 26.3. The molecule has 0 aliphatic rings. The van der Waals surface area contributed by atoms with Gasteiger partial charge in [0.25, 0.3) is 11.8 Å². The molecule has 2 aromatic rings. The van der Waals surface area contributed by atoms with Crippen molar-refractivity contribution in [3.8, 4) is 0 Å². The molecule has 1 heterocycles. The molecule has 0 spiro atoms. The fourth-order valence-corrected chi connectivity index (χ4v) is 2.62. The number of carbonyl (C=O) groups is 2. The number of nitrogens with one attached hydrogen (secondary N) is 2. The average molecular weight is 343 g/mol. The van der Waals surface area contributed by atoms with Gasteiger partial charge in [0.05, 0.1) is 6.26 Å².